The minimum Gasteiger partial charge on any atom is -0.347 e. The molecule has 0 aliphatic carbocycles. The Balaban J connectivity index is 2.55. The van der Waals surface area contributed by atoms with Crippen LogP contribution in [0.2, 0.25) is 0 Å². The first-order valence-electron chi connectivity index (χ1n) is 5.28. The normalized spacial score (nSPS) is 12.8. The molecule has 0 saturated heterocycles. The largest absolute Gasteiger partial charge is 0.347 e. The zero-order valence-electron chi connectivity index (χ0n) is 9.50. The molecule has 1 aromatic heterocycles. The summed E-state index contributed by atoms with van der Waals surface area (Å²) in [4.78, 5) is 12.5. The van der Waals surface area contributed by atoms with Crippen molar-refractivity contribution in [1.82, 2.24) is 5.32 Å². The zero-order chi connectivity index (χ0) is 12.1. The molecule has 90 valence electrons. The third-order valence-corrected chi connectivity index (χ3v) is 3.86. The maximum atomic E-state index is 11.8. The second kappa shape index (κ2) is 6.37. The van der Waals surface area contributed by atoms with Crippen molar-refractivity contribution in [2.45, 2.75) is 26.3 Å². The van der Waals surface area contributed by atoms with Gasteiger partial charge in [-0.05, 0) is 34.3 Å². The average molecular weight is 305 g/mol. The smallest absolute Gasteiger partial charge is 0.261 e. The van der Waals surface area contributed by atoms with Gasteiger partial charge in [0.2, 0.25) is 0 Å². The lowest BCUT2D eigenvalue weighted by molar-refractivity contribution is 0.0938. The highest BCUT2D eigenvalue weighted by molar-refractivity contribution is 9.10. The van der Waals surface area contributed by atoms with Crippen LogP contribution in [0, 0.1) is 5.92 Å². The summed E-state index contributed by atoms with van der Waals surface area (Å²) in [5.74, 6) is 0.496. The van der Waals surface area contributed by atoms with Gasteiger partial charge >= 0.3 is 0 Å². The number of rotatable bonds is 5. The number of nitrogens with one attached hydrogen (secondary N) is 1. The van der Waals surface area contributed by atoms with Gasteiger partial charge in [-0.1, -0.05) is 13.8 Å². The van der Waals surface area contributed by atoms with E-state index < -0.39 is 0 Å². The van der Waals surface area contributed by atoms with E-state index in [0.717, 1.165) is 10.9 Å². The van der Waals surface area contributed by atoms with Crippen LogP contribution in [-0.2, 0) is 0 Å². The van der Waals surface area contributed by atoms with Gasteiger partial charge in [-0.3, -0.25) is 4.79 Å². The fourth-order valence-corrected chi connectivity index (χ4v) is 2.80. The van der Waals surface area contributed by atoms with E-state index in [4.69, 9.17) is 5.73 Å². The molecule has 16 heavy (non-hydrogen) atoms. The molecule has 1 amide bonds. The Kier molecular flexibility index (Phi) is 5.44. The number of nitrogens with two attached hydrogens (primary N) is 1. The minimum absolute atomic E-state index is 0.0354. The van der Waals surface area contributed by atoms with Gasteiger partial charge < -0.3 is 11.1 Å². The lowest BCUT2D eigenvalue weighted by Crippen LogP contribution is -2.40. The number of thiophene rings is 1. The quantitative estimate of drug-likeness (QED) is 0.878. The van der Waals surface area contributed by atoms with Gasteiger partial charge in [0.15, 0.2) is 0 Å². The SMILES string of the molecule is CC(C)CC(CN)NC(=O)c1cc(Br)cs1. The molecule has 1 aromatic rings. The van der Waals surface area contributed by atoms with Gasteiger partial charge in [0.1, 0.15) is 0 Å². The van der Waals surface area contributed by atoms with Crippen LogP contribution in [0.25, 0.3) is 0 Å². The summed E-state index contributed by atoms with van der Waals surface area (Å²) in [7, 11) is 0. The van der Waals surface area contributed by atoms with Crippen LogP contribution in [0.1, 0.15) is 29.9 Å². The van der Waals surface area contributed by atoms with E-state index in [0.29, 0.717) is 17.3 Å². The summed E-state index contributed by atoms with van der Waals surface area (Å²) in [6.45, 7) is 4.73. The van der Waals surface area contributed by atoms with Crippen LogP contribution >= 0.6 is 27.3 Å². The molecule has 5 heteroatoms. The van der Waals surface area contributed by atoms with Gasteiger partial charge in [0.05, 0.1) is 4.88 Å². The van der Waals surface area contributed by atoms with E-state index >= 15 is 0 Å². The number of carbonyl (C=O) groups is 1. The number of carbonyl (C=O) groups excluding carboxylic acids is 1. The molecule has 0 bridgehead atoms. The number of hydrogen-bond donors (Lipinski definition) is 2. The zero-order valence-corrected chi connectivity index (χ0v) is 11.9. The van der Waals surface area contributed by atoms with Crippen LogP contribution in [0.3, 0.4) is 0 Å². The maximum absolute atomic E-state index is 11.8. The molecule has 1 rings (SSSR count). The molecule has 0 aliphatic rings. The summed E-state index contributed by atoms with van der Waals surface area (Å²) in [5.41, 5.74) is 5.63. The molecule has 1 heterocycles. The van der Waals surface area contributed by atoms with Gasteiger partial charge in [0, 0.05) is 22.4 Å². The summed E-state index contributed by atoms with van der Waals surface area (Å²) in [5, 5.41) is 4.85. The average Bonchev–Trinajstić information content (AvgIpc) is 2.63. The Morgan fingerprint density at radius 1 is 1.62 bits per heavy atom. The first kappa shape index (κ1) is 13.7. The van der Waals surface area contributed by atoms with Gasteiger partial charge in [-0.2, -0.15) is 0 Å². The molecule has 3 nitrogen and oxygen atoms in total. The van der Waals surface area contributed by atoms with Crippen LogP contribution < -0.4 is 11.1 Å². The summed E-state index contributed by atoms with van der Waals surface area (Å²) in [6.07, 6.45) is 0.911. The molecule has 1 unspecified atom stereocenters. The monoisotopic (exact) mass is 304 g/mol. The van der Waals surface area contributed by atoms with Crippen molar-refractivity contribution in [3.05, 3.63) is 20.8 Å². The van der Waals surface area contributed by atoms with E-state index in [1.165, 1.54) is 11.3 Å². The molecule has 1 atom stereocenters. The Bertz CT molecular complexity index is 352. The molecule has 0 radical (unpaired) electrons. The summed E-state index contributed by atoms with van der Waals surface area (Å²) < 4.78 is 0.941. The number of amides is 1. The van der Waals surface area contributed by atoms with Crippen LogP contribution in [-0.4, -0.2) is 18.5 Å². The van der Waals surface area contributed by atoms with Crippen molar-refractivity contribution >= 4 is 33.2 Å². The number of hydrogen-bond acceptors (Lipinski definition) is 3. The first-order valence-corrected chi connectivity index (χ1v) is 6.95. The lowest BCUT2D eigenvalue weighted by Gasteiger charge is -2.18. The van der Waals surface area contributed by atoms with Crippen molar-refractivity contribution in [1.29, 1.82) is 0 Å². The van der Waals surface area contributed by atoms with E-state index in [1.807, 2.05) is 11.4 Å². The van der Waals surface area contributed by atoms with Gasteiger partial charge in [-0.15, -0.1) is 11.3 Å². The van der Waals surface area contributed by atoms with E-state index in [1.54, 1.807) is 0 Å². The van der Waals surface area contributed by atoms with Crippen molar-refractivity contribution in [3.8, 4) is 0 Å². The van der Waals surface area contributed by atoms with E-state index in [2.05, 4.69) is 35.1 Å². The van der Waals surface area contributed by atoms with Crippen molar-refractivity contribution in [2.24, 2.45) is 11.7 Å². The standard InChI is InChI=1S/C11H17BrN2OS/c1-7(2)3-9(5-13)14-11(15)10-4-8(12)6-16-10/h4,6-7,9H,3,5,13H2,1-2H3,(H,14,15). The molecule has 0 fully saturated rings. The highest BCUT2D eigenvalue weighted by Crippen LogP contribution is 2.19. The molecular formula is C11H17BrN2OS. The Labute approximate surface area is 109 Å². The van der Waals surface area contributed by atoms with Crippen LogP contribution in [0.15, 0.2) is 15.9 Å². The summed E-state index contributed by atoms with van der Waals surface area (Å²) in [6, 6.07) is 1.89. The molecule has 0 aromatic carbocycles. The fraction of sp³-hybridized carbons (Fsp3) is 0.545. The minimum atomic E-state index is -0.0354. The molecule has 0 aliphatic heterocycles. The molecular weight excluding hydrogens is 288 g/mol. The fourth-order valence-electron chi connectivity index (χ4n) is 1.47. The second-order valence-corrected chi connectivity index (χ2v) is 5.99. The van der Waals surface area contributed by atoms with E-state index in [9.17, 15) is 4.79 Å². The lowest BCUT2D eigenvalue weighted by atomic mass is 10.0. The van der Waals surface area contributed by atoms with Crippen LogP contribution in [0.4, 0.5) is 0 Å². The topological polar surface area (TPSA) is 55.1 Å². The second-order valence-electron chi connectivity index (χ2n) is 4.16. The third-order valence-electron chi connectivity index (χ3n) is 2.17. The first-order chi connectivity index (χ1) is 7.52. The highest BCUT2D eigenvalue weighted by atomic mass is 79.9. The van der Waals surface area contributed by atoms with Gasteiger partial charge in [0.25, 0.3) is 5.91 Å². The highest BCUT2D eigenvalue weighted by Gasteiger charge is 2.14. The van der Waals surface area contributed by atoms with Crippen molar-refractivity contribution in [2.75, 3.05) is 6.54 Å². The van der Waals surface area contributed by atoms with Crippen molar-refractivity contribution in [3.63, 3.8) is 0 Å². The Hall–Kier alpha value is -0.390. The molecule has 3 N–H and O–H groups in total. The summed E-state index contributed by atoms with van der Waals surface area (Å²) >= 11 is 4.76. The van der Waals surface area contributed by atoms with Gasteiger partial charge in [-0.25, -0.2) is 0 Å². The van der Waals surface area contributed by atoms with Crippen molar-refractivity contribution < 1.29 is 4.79 Å². The number of halogens is 1. The van der Waals surface area contributed by atoms with Crippen LogP contribution in [0.5, 0.6) is 0 Å². The molecule has 0 saturated carbocycles. The predicted molar refractivity (Wildman–Crippen MR) is 71.8 cm³/mol. The third kappa shape index (κ3) is 4.23. The Morgan fingerprint density at radius 2 is 2.31 bits per heavy atom. The predicted octanol–water partition coefficient (Wildman–Crippen LogP) is 2.61. The maximum Gasteiger partial charge on any atom is 0.261 e. The molecule has 0 spiro atoms. The Morgan fingerprint density at radius 3 is 2.75 bits per heavy atom. The van der Waals surface area contributed by atoms with E-state index in [-0.39, 0.29) is 11.9 Å².